The molecule has 0 bridgehead atoms. The monoisotopic (exact) mass is 276 g/mol. The molecule has 0 spiro atoms. The summed E-state index contributed by atoms with van der Waals surface area (Å²) < 4.78 is 0. The molecule has 0 aliphatic carbocycles. The number of nitrogens with one attached hydrogen (secondary N) is 1. The quantitative estimate of drug-likeness (QED) is 0.869. The summed E-state index contributed by atoms with van der Waals surface area (Å²) in [5.74, 6) is 0.0528. The van der Waals surface area contributed by atoms with Gasteiger partial charge in [-0.2, -0.15) is 0 Å². The van der Waals surface area contributed by atoms with E-state index in [1.165, 1.54) is 0 Å². The number of carbonyl (C=O) groups is 1. The van der Waals surface area contributed by atoms with E-state index < -0.39 is 5.41 Å². The highest BCUT2D eigenvalue weighted by Gasteiger charge is 2.33. The Labute approximate surface area is 122 Å². The number of nitrogens with two attached hydrogens (primary N) is 1. The first-order valence-corrected chi connectivity index (χ1v) is 7.26. The maximum atomic E-state index is 12.6. The number of benzene rings is 1. The molecule has 0 aliphatic rings. The summed E-state index contributed by atoms with van der Waals surface area (Å²) in [5, 5.41) is 3.18. The minimum atomic E-state index is -0.542. The molecule has 20 heavy (non-hydrogen) atoms. The van der Waals surface area contributed by atoms with Crippen LogP contribution in [0.15, 0.2) is 30.3 Å². The third kappa shape index (κ3) is 4.07. The third-order valence-corrected chi connectivity index (χ3v) is 3.87. The standard InChI is InChI=1S/C17H28N2O/c1-16(2,3)14(11-12-18)19-15(20)17(4,5)13-9-7-6-8-10-13/h6-10,14H,11-12,18H2,1-5H3,(H,19,20). The summed E-state index contributed by atoms with van der Waals surface area (Å²) in [6.07, 6.45) is 0.792. The zero-order valence-electron chi connectivity index (χ0n) is 13.4. The molecule has 1 amide bonds. The summed E-state index contributed by atoms with van der Waals surface area (Å²) >= 11 is 0. The summed E-state index contributed by atoms with van der Waals surface area (Å²) in [6.45, 7) is 10.9. The topological polar surface area (TPSA) is 55.1 Å². The Morgan fingerprint density at radius 3 is 2.15 bits per heavy atom. The van der Waals surface area contributed by atoms with Crippen LogP contribution in [0.5, 0.6) is 0 Å². The van der Waals surface area contributed by atoms with Gasteiger partial charge in [0.05, 0.1) is 5.41 Å². The average Bonchev–Trinajstić information content (AvgIpc) is 2.38. The SMILES string of the molecule is CC(C)(C(=O)NC(CCN)C(C)(C)C)c1ccccc1. The van der Waals surface area contributed by atoms with Gasteiger partial charge in [-0.25, -0.2) is 0 Å². The lowest BCUT2D eigenvalue weighted by Gasteiger charge is -2.34. The van der Waals surface area contributed by atoms with Crippen LogP contribution in [0.1, 0.15) is 46.6 Å². The van der Waals surface area contributed by atoms with Gasteiger partial charge in [0.15, 0.2) is 0 Å². The lowest BCUT2D eigenvalue weighted by Crippen LogP contribution is -2.50. The van der Waals surface area contributed by atoms with E-state index in [0.717, 1.165) is 12.0 Å². The van der Waals surface area contributed by atoms with E-state index in [4.69, 9.17) is 5.73 Å². The summed E-state index contributed by atoms with van der Waals surface area (Å²) in [6, 6.07) is 9.97. The van der Waals surface area contributed by atoms with Crippen molar-refractivity contribution in [1.29, 1.82) is 0 Å². The predicted molar refractivity (Wildman–Crippen MR) is 84.5 cm³/mol. The predicted octanol–water partition coefficient (Wildman–Crippen LogP) is 2.84. The van der Waals surface area contributed by atoms with Crippen LogP contribution in [-0.4, -0.2) is 18.5 Å². The molecule has 112 valence electrons. The van der Waals surface area contributed by atoms with Crippen molar-refractivity contribution >= 4 is 5.91 Å². The fraction of sp³-hybridized carbons (Fsp3) is 0.588. The lowest BCUT2D eigenvalue weighted by atomic mass is 9.80. The van der Waals surface area contributed by atoms with E-state index in [1.54, 1.807) is 0 Å². The number of amides is 1. The van der Waals surface area contributed by atoms with E-state index in [-0.39, 0.29) is 17.4 Å². The molecule has 3 heteroatoms. The van der Waals surface area contributed by atoms with Gasteiger partial charge in [-0.05, 0) is 37.8 Å². The van der Waals surface area contributed by atoms with Crippen molar-refractivity contribution in [2.45, 2.75) is 52.5 Å². The van der Waals surface area contributed by atoms with Gasteiger partial charge in [-0.3, -0.25) is 4.79 Å². The van der Waals surface area contributed by atoms with Crippen molar-refractivity contribution in [3.63, 3.8) is 0 Å². The van der Waals surface area contributed by atoms with E-state index in [2.05, 4.69) is 26.1 Å². The van der Waals surface area contributed by atoms with E-state index in [0.29, 0.717) is 6.54 Å². The molecule has 1 unspecified atom stereocenters. The maximum Gasteiger partial charge on any atom is 0.230 e. The third-order valence-electron chi connectivity index (χ3n) is 3.87. The molecule has 3 nitrogen and oxygen atoms in total. The van der Waals surface area contributed by atoms with Gasteiger partial charge >= 0.3 is 0 Å². The van der Waals surface area contributed by atoms with Crippen LogP contribution in [-0.2, 0) is 10.2 Å². The Morgan fingerprint density at radius 2 is 1.70 bits per heavy atom. The average molecular weight is 276 g/mol. The fourth-order valence-electron chi connectivity index (χ4n) is 2.21. The summed E-state index contributed by atoms with van der Waals surface area (Å²) in [4.78, 5) is 12.6. The molecule has 1 rings (SSSR count). The molecular formula is C17H28N2O. The Kier molecular flexibility index (Phi) is 5.35. The van der Waals surface area contributed by atoms with Crippen LogP contribution in [0.2, 0.25) is 0 Å². The molecule has 0 saturated carbocycles. The lowest BCUT2D eigenvalue weighted by molar-refractivity contribution is -0.127. The second-order valence-electron chi connectivity index (χ2n) is 6.96. The number of hydrogen-bond donors (Lipinski definition) is 2. The van der Waals surface area contributed by atoms with Crippen LogP contribution in [0.25, 0.3) is 0 Å². The molecule has 0 saturated heterocycles. The highest BCUT2D eigenvalue weighted by molar-refractivity contribution is 5.87. The van der Waals surface area contributed by atoms with Gasteiger partial charge in [0.1, 0.15) is 0 Å². The number of hydrogen-bond acceptors (Lipinski definition) is 2. The first-order chi connectivity index (χ1) is 9.19. The van der Waals surface area contributed by atoms with Gasteiger partial charge in [0.2, 0.25) is 5.91 Å². The first-order valence-electron chi connectivity index (χ1n) is 7.26. The van der Waals surface area contributed by atoms with Crippen LogP contribution < -0.4 is 11.1 Å². The zero-order chi connectivity index (χ0) is 15.4. The van der Waals surface area contributed by atoms with Gasteiger partial charge in [0.25, 0.3) is 0 Å². The highest BCUT2D eigenvalue weighted by atomic mass is 16.2. The van der Waals surface area contributed by atoms with Crippen molar-refractivity contribution in [1.82, 2.24) is 5.32 Å². The van der Waals surface area contributed by atoms with Crippen molar-refractivity contribution in [2.24, 2.45) is 11.1 Å². The van der Waals surface area contributed by atoms with Crippen molar-refractivity contribution in [2.75, 3.05) is 6.54 Å². The van der Waals surface area contributed by atoms with Gasteiger partial charge in [-0.15, -0.1) is 0 Å². The highest BCUT2D eigenvalue weighted by Crippen LogP contribution is 2.26. The molecule has 0 heterocycles. The molecule has 1 aromatic rings. The fourth-order valence-corrected chi connectivity index (χ4v) is 2.21. The van der Waals surface area contributed by atoms with Crippen LogP contribution in [0.3, 0.4) is 0 Å². The van der Waals surface area contributed by atoms with Crippen molar-refractivity contribution < 1.29 is 4.79 Å². The van der Waals surface area contributed by atoms with Gasteiger partial charge < -0.3 is 11.1 Å². The van der Waals surface area contributed by atoms with Crippen LogP contribution >= 0.6 is 0 Å². The molecule has 1 atom stereocenters. The summed E-state index contributed by atoms with van der Waals surface area (Å²) in [7, 11) is 0. The van der Waals surface area contributed by atoms with Crippen LogP contribution in [0, 0.1) is 5.41 Å². The van der Waals surface area contributed by atoms with Gasteiger partial charge in [-0.1, -0.05) is 51.1 Å². The molecular weight excluding hydrogens is 248 g/mol. The minimum Gasteiger partial charge on any atom is -0.352 e. The van der Waals surface area contributed by atoms with E-state index >= 15 is 0 Å². The molecule has 0 aromatic heterocycles. The molecule has 1 aromatic carbocycles. The number of carbonyl (C=O) groups excluding carboxylic acids is 1. The Hall–Kier alpha value is -1.35. The van der Waals surface area contributed by atoms with Gasteiger partial charge in [0, 0.05) is 6.04 Å². The van der Waals surface area contributed by atoms with E-state index in [9.17, 15) is 4.79 Å². The zero-order valence-corrected chi connectivity index (χ0v) is 13.4. The molecule has 0 radical (unpaired) electrons. The van der Waals surface area contributed by atoms with Crippen molar-refractivity contribution in [3.8, 4) is 0 Å². The first kappa shape index (κ1) is 16.7. The molecule has 0 aliphatic heterocycles. The molecule has 3 N–H and O–H groups in total. The normalized spacial score (nSPS) is 13.9. The van der Waals surface area contributed by atoms with Crippen LogP contribution in [0.4, 0.5) is 0 Å². The van der Waals surface area contributed by atoms with E-state index in [1.807, 2.05) is 44.2 Å². The molecule has 0 fully saturated rings. The number of rotatable bonds is 5. The Balaban J connectivity index is 2.88. The van der Waals surface area contributed by atoms with Crippen molar-refractivity contribution in [3.05, 3.63) is 35.9 Å². The smallest absolute Gasteiger partial charge is 0.230 e. The second kappa shape index (κ2) is 6.40. The largest absolute Gasteiger partial charge is 0.352 e. The minimum absolute atomic E-state index is 0.00178. The Bertz CT molecular complexity index is 432. The summed E-state index contributed by atoms with van der Waals surface area (Å²) in [5.41, 5.74) is 6.16. The maximum absolute atomic E-state index is 12.6. The second-order valence-corrected chi connectivity index (χ2v) is 6.96. The Morgan fingerprint density at radius 1 is 1.15 bits per heavy atom.